The molecule has 0 N–H and O–H groups in total. The average molecular weight is 260 g/mol. The van der Waals surface area contributed by atoms with Crippen LogP contribution in [0.2, 0.25) is 0 Å². The predicted molar refractivity (Wildman–Crippen MR) is 80.0 cm³/mol. The molecule has 0 bridgehead atoms. The van der Waals surface area contributed by atoms with E-state index in [1.54, 1.807) is 0 Å². The maximum absolute atomic E-state index is 10.9. The predicted octanol–water partition coefficient (Wildman–Crippen LogP) is 4.41. The van der Waals surface area contributed by atoms with Gasteiger partial charge in [-0.25, -0.2) is 0 Å². The smallest absolute Gasteiger partial charge is 0.302 e. The van der Waals surface area contributed by atoms with Crippen LogP contribution in [0.3, 0.4) is 0 Å². The second-order valence-electron chi connectivity index (χ2n) is 5.48. The lowest BCUT2D eigenvalue weighted by atomic mass is 9.97. The number of hydrogen-bond donors (Lipinski definition) is 0. The molecule has 0 aliphatic rings. The van der Waals surface area contributed by atoms with Crippen molar-refractivity contribution < 1.29 is 9.53 Å². The van der Waals surface area contributed by atoms with Gasteiger partial charge in [0.25, 0.3) is 0 Å². The summed E-state index contributed by atoms with van der Waals surface area (Å²) >= 11 is 0. The zero-order valence-electron chi connectivity index (χ0n) is 12.6. The average Bonchev–Trinajstić information content (AvgIpc) is 2.34. The van der Waals surface area contributed by atoms with Crippen LogP contribution in [0.1, 0.15) is 51.7 Å². The molecule has 104 valence electrons. The van der Waals surface area contributed by atoms with E-state index in [1.807, 2.05) is 0 Å². The first-order chi connectivity index (χ1) is 8.90. The van der Waals surface area contributed by atoms with Gasteiger partial charge in [-0.2, -0.15) is 0 Å². The zero-order valence-corrected chi connectivity index (χ0v) is 12.6. The van der Waals surface area contributed by atoms with Crippen LogP contribution >= 0.6 is 0 Å². The topological polar surface area (TPSA) is 26.3 Å². The molecule has 0 spiro atoms. The SMILES string of the molecule is CC(=O)OCC(=Cc1cccc(C(C)C)c1)C(C)C. The number of carbonyl (C=O) groups excluding carboxylic acids is 1. The van der Waals surface area contributed by atoms with Crippen molar-refractivity contribution in [2.45, 2.75) is 40.5 Å². The quantitative estimate of drug-likeness (QED) is 0.733. The molecule has 0 radical (unpaired) electrons. The molecule has 0 aliphatic heterocycles. The molecular weight excluding hydrogens is 236 g/mol. The molecule has 1 rings (SSSR count). The minimum absolute atomic E-state index is 0.234. The third-order valence-corrected chi connectivity index (χ3v) is 3.11. The number of carbonyl (C=O) groups is 1. The van der Waals surface area contributed by atoms with E-state index in [9.17, 15) is 4.79 Å². The minimum atomic E-state index is -0.234. The largest absolute Gasteiger partial charge is 0.461 e. The van der Waals surface area contributed by atoms with Crippen LogP contribution in [0, 0.1) is 5.92 Å². The van der Waals surface area contributed by atoms with Crippen molar-refractivity contribution in [3.8, 4) is 0 Å². The molecular formula is C17H24O2. The maximum Gasteiger partial charge on any atom is 0.302 e. The Morgan fingerprint density at radius 1 is 1.26 bits per heavy atom. The van der Waals surface area contributed by atoms with E-state index in [-0.39, 0.29) is 5.97 Å². The standard InChI is InChI=1S/C17H24O2/c1-12(2)16-8-6-7-15(9-16)10-17(13(3)4)11-19-14(5)18/h6-10,12-13H,11H2,1-5H3. The van der Waals surface area contributed by atoms with Gasteiger partial charge in [0.1, 0.15) is 6.61 Å². The van der Waals surface area contributed by atoms with Gasteiger partial charge in [-0.1, -0.05) is 58.0 Å². The van der Waals surface area contributed by atoms with Gasteiger partial charge >= 0.3 is 5.97 Å². The Balaban J connectivity index is 2.94. The van der Waals surface area contributed by atoms with E-state index in [2.05, 4.69) is 58.0 Å². The summed E-state index contributed by atoms with van der Waals surface area (Å²) in [5.74, 6) is 0.647. The molecule has 0 saturated carbocycles. The van der Waals surface area contributed by atoms with Gasteiger partial charge in [0.15, 0.2) is 0 Å². The fourth-order valence-corrected chi connectivity index (χ4v) is 1.78. The Hall–Kier alpha value is -1.57. The van der Waals surface area contributed by atoms with Crippen LogP contribution in [-0.4, -0.2) is 12.6 Å². The molecule has 19 heavy (non-hydrogen) atoms. The lowest BCUT2D eigenvalue weighted by Gasteiger charge is -2.12. The van der Waals surface area contributed by atoms with Gasteiger partial charge in [0.05, 0.1) is 0 Å². The second-order valence-corrected chi connectivity index (χ2v) is 5.48. The number of rotatable bonds is 5. The third-order valence-electron chi connectivity index (χ3n) is 3.11. The van der Waals surface area contributed by atoms with E-state index in [4.69, 9.17) is 4.74 Å². The first kappa shape index (κ1) is 15.5. The van der Waals surface area contributed by atoms with Crippen LogP contribution < -0.4 is 0 Å². The fourth-order valence-electron chi connectivity index (χ4n) is 1.78. The molecule has 2 nitrogen and oxygen atoms in total. The van der Waals surface area contributed by atoms with E-state index in [0.29, 0.717) is 18.4 Å². The van der Waals surface area contributed by atoms with Gasteiger partial charge in [-0.3, -0.25) is 4.79 Å². The number of ether oxygens (including phenoxy) is 1. The van der Waals surface area contributed by atoms with E-state index in [0.717, 1.165) is 5.57 Å². The highest BCUT2D eigenvalue weighted by Crippen LogP contribution is 2.20. The van der Waals surface area contributed by atoms with Crippen molar-refractivity contribution in [2.24, 2.45) is 5.92 Å². The number of hydrogen-bond acceptors (Lipinski definition) is 2. The van der Waals surface area contributed by atoms with Crippen molar-refractivity contribution >= 4 is 12.0 Å². The van der Waals surface area contributed by atoms with Crippen LogP contribution in [0.15, 0.2) is 29.8 Å². The lowest BCUT2D eigenvalue weighted by molar-refractivity contribution is -0.140. The van der Waals surface area contributed by atoms with Crippen LogP contribution in [0.4, 0.5) is 0 Å². The highest BCUT2D eigenvalue weighted by Gasteiger charge is 2.06. The van der Waals surface area contributed by atoms with Crippen LogP contribution in [-0.2, 0) is 9.53 Å². The molecule has 1 aromatic rings. The molecule has 0 saturated heterocycles. The molecule has 0 aromatic heterocycles. The first-order valence-corrected chi connectivity index (χ1v) is 6.84. The Labute approximate surface area is 116 Å². The Bertz CT molecular complexity index is 456. The minimum Gasteiger partial charge on any atom is -0.461 e. The van der Waals surface area contributed by atoms with Crippen molar-refractivity contribution in [1.29, 1.82) is 0 Å². The van der Waals surface area contributed by atoms with Crippen molar-refractivity contribution in [2.75, 3.05) is 6.61 Å². The van der Waals surface area contributed by atoms with Crippen LogP contribution in [0.25, 0.3) is 6.08 Å². The fraction of sp³-hybridized carbons (Fsp3) is 0.471. The van der Waals surface area contributed by atoms with Gasteiger partial charge in [0, 0.05) is 6.92 Å². The normalized spacial score (nSPS) is 12.1. The van der Waals surface area contributed by atoms with Gasteiger partial charge in [-0.05, 0) is 28.5 Å². The zero-order chi connectivity index (χ0) is 14.4. The Morgan fingerprint density at radius 2 is 1.95 bits per heavy atom. The van der Waals surface area contributed by atoms with Crippen molar-refractivity contribution in [3.05, 3.63) is 41.0 Å². The molecule has 0 unspecified atom stereocenters. The number of benzene rings is 1. The summed E-state index contributed by atoms with van der Waals surface area (Å²) in [6.07, 6.45) is 2.12. The summed E-state index contributed by atoms with van der Waals surface area (Å²) in [7, 11) is 0. The summed E-state index contributed by atoms with van der Waals surface area (Å²) in [4.78, 5) is 10.9. The molecule has 2 heteroatoms. The van der Waals surface area contributed by atoms with Crippen LogP contribution in [0.5, 0.6) is 0 Å². The van der Waals surface area contributed by atoms with Gasteiger partial charge in [0.2, 0.25) is 0 Å². The summed E-state index contributed by atoms with van der Waals surface area (Å²) < 4.78 is 5.11. The highest BCUT2D eigenvalue weighted by molar-refractivity contribution is 5.66. The number of esters is 1. The van der Waals surface area contributed by atoms with E-state index in [1.165, 1.54) is 18.1 Å². The summed E-state index contributed by atoms with van der Waals surface area (Å²) in [5, 5.41) is 0. The second kappa shape index (κ2) is 7.13. The van der Waals surface area contributed by atoms with Gasteiger partial charge < -0.3 is 4.74 Å². The highest BCUT2D eigenvalue weighted by atomic mass is 16.5. The molecule has 1 aromatic carbocycles. The maximum atomic E-state index is 10.9. The molecule has 0 aliphatic carbocycles. The molecule has 0 fully saturated rings. The Kier molecular flexibility index (Phi) is 5.81. The third kappa shape index (κ3) is 5.29. The van der Waals surface area contributed by atoms with E-state index >= 15 is 0 Å². The molecule has 0 heterocycles. The summed E-state index contributed by atoms with van der Waals surface area (Å²) in [5.41, 5.74) is 3.63. The summed E-state index contributed by atoms with van der Waals surface area (Å²) in [6, 6.07) is 8.50. The van der Waals surface area contributed by atoms with Crippen molar-refractivity contribution in [1.82, 2.24) is 0 Å². The molecule has 0 amide bonds. The van der Waals surface area contributed by atoms with Crippen molar-refractivity contribution in [3.63, 3.8) is 0 Å². The Morgan fingerprint density at radius 3 is 2.47 bits per heavy atom. The van der Waals surface area contributed by atoms with E-state index < -0.39 is 0 Å². The lowest BCUT2D eigenvalue weighted by Crippen LogP contribution is -2.07. The first-order valence-electron chi connectivity index (χ1n) is 6.84. The summed E-state index contributed by atoms with van der Waals surface area (Å²) in [6.45, 7) is 10.4. The van der Waals surface area contributed by atoms with Gasteiger partial charge in [-0.15, -0.1) is 0 Å². The molecule has 0 atom stereocenters. The monoisotopic (exact) mass is 260 g/mol.